The van der Waals surface area contributed by atoms with Gasteiger partial charge in [0.15, 0.2) is 12.3 Å². The van der Waals surface area contributed by atoms with Crippen molar-refractivity contribution in [3.8, 4) is 5.88 Å². The third kappa shape index (κ3) is 3.31. The summed E-state index contributed by atoms with van der Waals surface area (Å²) >= 11 is 0. The lowest BCUT2D eigenvalue weighted by molar-refractivity contribution is -0.118. The molecule has 2 aromatic rings. The largest absolute Gasteiger partial charge is 0.476 e. The summed E-state index contributed by atoms with van der Waals surface area (Å²) < 4.78 is 9.85. The Morgan fingerprint density at radius 2 is 2.30 bits per heavy atom. The van der Waals surface area contributed by atoms with Crippen LogP contribution >= 0.6 is 0 Å². The highest BCUT2D eigenvalue weighted by Crippen LogP contribution is 2.13. The van der Waals surface area contributed by atoms with Crippen molar-refractivity contribution in [3.63, 3.8) is 0 Å². The fourth-order valence-corrected chi connectivity index (χ4v) is 1.41. The average molecular weight is 277 g/mol. The van der Waals surface area contributed by atoms with Gasteiger partial charge in [-0.1, -0.05) is 0 Å². The number of carbonyl (C=O) groups is 2. The molecule has 0 saturated carbocycles. The van der Waals surface area contributed by atoms with Crippen LogP contribution in [0.1, 0.15) is 16.2 Å². The van der Waals surface area contributed by atoms with E-state index in [1.807, 2.05) is 0 Å². The van der Waals surface area contributed by atoms with Crippen LogP contribution in [0, 0.1) is 6.92 Å². The smallest absolute Gasteiger partial charge is 0.356 e. The van der Waals surface area contributed by atoms with Gasteiger partial charge in [-0.3, -0.25) is 4.79 Å². The summed E-state index contributed by atoms with van der Waals surface area (Å²) in [6, 6.07) is 4.48. The summed E-state index contributed by atoms with van der Waals surface area (Å²) in [5, 5.41) is 14.9. The fraction of sp³-hybridized carbons (Fsp3) is 0.167. The van der Waals surface area contributed by atoms with Crippen molar-refractivity contribution < 1.29 is 24.0 Å². The van der Waals surface area contributed by atoms with Crippen LogP contribution in [-0.4, -0.2) is 33.7 Å². The summed E-state index contributed by atoms with van der Waals surface area (Å²) in [7, 11) is 0. The second kappa shape index (κ2) is 5.83. The van der Waals surface area contributed by atoms with Gasteiger partial charge in [0.2, 0.25) is 0 Å². The number of hydrogen-bond acceptors (Lipinski definition) is 6. The van der Waals surface area contributed by atoms with Gasteiger partial charge >= 0.3 is 5.97 Å². The van der Waals surface area contributed by atoms with Crippen molar-refractivity contribution in [2.75, 3.05) is 11.9 Å². The van der Waals surface area contributed by atoms with Crippen LogP contribution in [-0.2, 0) is 4.79 Å². The van der Waals surface area contributed by atoms with Crippen LogP contribution in [0.5, 0.6) is 5.88 Å². The number of nitrogens with zero attached hydrogens (tertiary/aromatic N) is 2. The molecule has 0 aliphatic carbocycles. The van der Waals surface area contributed by atoms with Crippen LogP contribution in [0.15, 0.2) is 28.9 Å². The number of aromatic carboxylic acids is 1. The zero-order valence-electron chi connectivity index (χ0n) is 10.5. The number of hydrogen-bond donors (Lipinski definition) is 2. The Kier molecular flexibility index (Phi) is 3.94. The number of carboxylic acid groups (broad SMARTS) is 1. The number of ether oxygens (including phenoxy) is 1. The third-order valence-electron chi connectivity index (χ3n) is 2.24. The highest BCUT2D eigenvalue weighted by molar-refractivity contribution is 5.99. The molecule has 1 amide bonds. The normalized spacial score (nSPS) is 10.1. The first-order valence-corrected chi connectivity index (χ1v) is 5.60. The number of carboxylic acids is 1. The van der Waals surface area contributed by atoms with E-state index >= 15 is 0 Å². The Bertz CT molecular complexity index is 638. The minimum atomic E-state index is -1.23. The second-order valence-corrected chi connectivity index (χ2v) is 3.82. The van der Waals surface area contributed by atoms with Crippen LogP contribution in [0.2, 0.25) is 0 Å². The molecule has 104 valence electrons. The van der Waals surface area contributed by atoms with E-state index in [1.165, 1.54) is 24.4 Å². The lowest BCUT2D eigenvalue weighted by atomic mass is 10.3. The Hall–Kier alpha value is -2.90. The number of rotatable bonds is 5. The number of aryl methyl sites for hydroxylation is 1. The van der Waals surface area contributed by atoms with Crippen LogP contribution < -0.4 is 10.1 Å². The lowest BCUT2D eigenvalue weighted by Crippen LogP contribution is -2.22. The van der Waals surface area contributed by atoms with Gasteiger partial charge in [-0.05, 0) is 24.2 Å². The first kappa shape index (κ1) is 13.5. The summed E-state index contributed by atoms with van der Waals surface area (Å²) in [6.45, 7) is 1.37. The molecule has 0 unspecified atom stereocenters. The van der Waals surface area contributed by atoms with E-state index in [4.69, 9.17) is 14.4 Å². The highest BCUT2D eigenvalue weighted by atomic mass is 16.5. The molecule has 0 aliphatic rings. The number of aromatic nitrogens is 2. The molecule has 8 nitrogen and oxygen atoms in total. The molecule has 0 aromatic carbocycles. The molecule has 0 saturated heterocycles. The Labute approximate surface area is 113 Å². The maximum atomic E-state index is 11.7. The van der Waals surface area contributed by atoms with E-state index in [2.05, 4.69) is 15.5 Å². The van der Waals surface area contributed by atoms with Gasteiger partial charge in [-0.2, -0.15) is 0 Å². The molecule has 0 spiro atoms. The van der Waals surface area contributed by atoms with E-state index in [0.717, 1.165) is 0 Å². The second-order valence-electron chi connectivity index (χ2n) is 3.82. The van der Waals surface area contributed by atoms with Crippen molar-refractivity contribution in [1.29, 1.82) is 0 Å². The molecule has 2 rings (SSSR count). The van der Waals surface area contributed by atoms with Gasteiger partial charge in [0, 0.05) is 12.3 Å². The number of carbonyl (C=O) groups excluding carboxylic acids is 1. The number of amides is 1. The van der Waals surface area contributed by atoms with Gasteiger partial charge < -0.3 is 19.7 Å². The molecule has 0 radical (unpaired) electrons. The van der Waals surface area contributed by atoms with Crippen LogP contribution in [0.3, 0.4) is 0 Å². The monoisotopic (exact) mass is 277 g/mol. The number of anilines is 1. The SMILES string of the molecule is Cc1cc(OCC(=O)Nc2cccnc2C(=O)O)no1. The molecule has 2 aromatic heterocycles. The summed E-state index contributed by atoms with van der Waals surface area (Å²) in [6.07, 6.45) is 1.33. The minimum Gasteiger partial charge on any atom is -0.476 e. The maximum Gasteiger partial charge on any atom is 0.356 e. The standard InChI is InChI=1S/C12H11N3O5/c1-7-5-10(15-20-7)19-6-9(16)14-8-3-2-4-13-11(8)12(17)18/h2-5H,6H2,1H3,(H,14,16)(H,17,18). The van der Waals surface area contributed by atoms with Gasteiger partial charge in [-0.15, -0.1) is 0 Å². The first-order chi connectivity index (χ1) is 9.56. The van der Waals surface area contributed by atoms with E-state index < -0.39 is 11.9 Å². The third-order valence-corrected chi connectivity index (χ3v) is 2.24. The highest BCUT2D eigenvalue weighted by Gasteiger charge is 2.14. The molecule has 20 heavy (non-hydrogen) atoms. The molecule has 2 heterocycles. The fourth-order valence-electron chi connectivity index (χ4n) is 1.41. The zero-order chi connectivity index (χ0) is 14.5. The van der Waals surface area contributed by atoms with Crippen LogP contribution in [0.25, 0.3) is 0 Å². The Morgan fingerprint density at radius 3 is 2.95 bits per heavy atom. The van der Waals surface area contributed by atoms with Crippen molar-refractivity contribution in [2.24, 2.45) is 0 Å². The number of pyridine rings is 1. The maximum absolute atomic E-state index is 11.7. The van der Waals surface area contributed by atoms with Crippen molar-refractivity contribution in [3.05, 3.63) is 35.9 Å². The summed E-state index contributed by atoms with van der Waals surface area (Å²) in [5.74, 6) is -1.02. The predicted molar refractivity (Wildman–Crippen MR) is 66.6 cm³/mol. The molecule has 0 aliphatic heterocycles. The van der Waals surface area contributed by atoms with Gasteiger partial charge in [0.25, 0.3) is 11.8 Å². The molecule has 2 N–H and O–H groups in total. The topological polar surface area (TPSA) is 115 Å². The van der Waals surface area contributed by atoms with Crippen molar-refractivity contribution in [2.45, 2.75) is 6.92 Å². The zero-order valence-corrected chi connectivity index (χ0v) is 10.5. The van der Waals surface area contributed by atoms with E-state index in [1.54, 1.807) is 6.92 Å². The lowest BCUT2D eigenvalue weighted by Gasteiger charge is -2.07. The number of nitrogens with one attached hydrogen (secondary N) is 1. The summed E-state index contributed by atoms with van der Waals surface area (Å²) in [5.41, 5.74) is -0.136. The molecule has 0 fully saturated rings. The summed E-state index contributed by atoms with van der Waals surface area (Å²) in [4.78, 5) is 26.2. The predicted octanol–water partition coefficient (Wildman–Crippen LogP) is 1.09. The average Bonchev–Trinajstić information content (AvgIpc) is 2.83. The van der Waals surface area contributed by atoms with E-state index in [-0.39, 0.29) is 23.9 Å². The van der Waals surface area contributed by atoms with Gasteiger partial charge in [-0.25, -0.2) is 9.78 Å². The molecular formula is C12H11N3O5. The van der Waals surface area contributed by atoms with Crippen LogP contribution in [0.4, 0.5) is 5.69 Å². The van der Waals surface area contributed by atoms with Crippen molar-refractivity contribution >= 4 is 17.6 Å². The molecular weight excluding hydrogens is 266 g/mol. The Morgan fingerprint density at radius 1 is 1.50 bits per heavy atom. The Balaban J connectivity index is 1.96. The van der Waals surface area contributed by atoms with E-state index in [9.17, 15) is 9.59 Å². The van der Waals surface area contributed by atoms with E-state index in [0.29, 0.717) is 5.76 Å². The first-order valence-electron chi connectivity index (χ1n) is 5.60. The molecule has 8 heteroatoms. The van der Waals surface area contributed by atoms with Gasteiger partial charge in [0.05, 0.1) is 5.69 Å². The van der Waals surface area contributed by atoms with Gasteiger partial charge in [0.1, 0.15) is 5.76 Å². The minimum absolute atomic E-state index is 0.102. The quantitative estimate of drug-likeness (QED) is 0.840. The van der Waals surface area contributed by atoms with Crippen molar-refractivity contribution in [1.82, 2.24) is 10.1 Å². The molecule has 0 bridgehead atoms. The molecule has 0 atom stereocenters.